The Bertz CT molecular complexity index is 424. The van der Waals surface area contributed by atoms with Crippen LogP contribution in [0.5, 0.6) is 0 Å². The van der Waals surface area contributed by atoms with Gasteiger partial charge in [-0.1, -0.05) is 17.7 Å². The van der Waals surface area contributed by atoms with E-state index in [0.717, 1.165) is 28.7 Å². The monoisotopic (exact) mass is 203 g/mol. The summed E-state index contributed by atoms with van der Waals surface area (Å²) in [7, 11) is 0. The molecular formula is C12H13NO2. The van der Waals surface area contributed by atoms with Gasteiger partial charge in [-0.2, -0.15) is 0 Å². The molecule has 1 aliphatic heterocycles. The van der Waals surface area contributed by atoms with Gasteiger partial charge in [0.1, 0.15) is 6.29 Å². The van der Waals surface area contributed by atoms with Gasteiger partial charge in [-0.3, -0.25) is 4.79 Å². The van der Waals surface area contributed by atoms with E-state index < -0.39 is 0 Å². The molecule has 0 atom stereocenters. The number of anilines is 1. The quantitative estimate of drug-likeness (QED) is 0.759. The van der Waals surface area contributed by atoms with Gasteiger partial charge in [0.2, 0.25) is 5.91 Å². The zero-order chi connectivity index (χ0) is 10.8. The van der Waals surface area contributed by atoms with Crippen LogP contribution in [0.25, 0.3) is 0 Å². The third kappa shape index (κ3) is 1.91. The Morgan fingerprint density at radius 1 is 1.47 bits per heavy atom. The highest BCUT2D eigenvalue weighted by molar-refractivity contribution is 6.00. The Balaban J connectivity index is 2.37. The molecule has 0 unspecified atom stereocenters. The number of nitrogens with one attached hydrogen (secondary N) is 1. The second-order valence-electron chi connectivity index (χ2n) is 3.89. The first-order valence-corrected chi connectivity index (χ1v) is 5.06. The van der Waals surface area contributed by atoms with Crippen LogP contribution in [-0.2, 0) is 22.4 Å². The first kappa shape index (κ1) is 9.90. The molecule has 0 fully saturated rings. The molecule has 15 heavy (non-hydrogen) atoms. The summed E-state index contributed by atoms with van der Waals surface area (Å²) in [5.74, 6) is 0.0444. The van der Waals surface area contributed by atoms with E-state index in [9.17, 15) is 9.59 Å². The van der Waals surface area contributed by atoms with Gasteiger partial charge in [0.15, 0.2) is 0 Å². The lowest BCUT2D eigenvalue weighted by atomic mass is 10.0. The molecule has 1 aliphatic rings. The van der Waals surface area contributed by atoms with Crippen molar-refractivity contribution in [2.45, 2.75) is 26.2 Å². The van der Waals surface area contributed by atoms with Crippen molar-refractivity contribution in [3.8, 4) is 0 Å². The molecule has 0 bridgehead atoms. The predicted octanol–water partition coefficient (Wildman–Crippen LogP) is 1.62. The highest BCUT2D eigenvalue weighted by atomic mass is 16.1. The molecule has 1 aromatic carbocycles. The fourth-order valence-corrected chi connectivity index (χ4v) is 2.01. The fraction of sp³-hybridized carbons (Fsp3) is 0.333. The Kier molecular flexibility index (Phi) is 2.54. The van der Waals surface area contributed by atoms with E-state index in [1.807, 2.05) is 19.1 Å². The molecule has 2 rings (SSSR count). The van der Waals surface area contributed by atoms with Crippen LogP contribution in [0.15, 0.2) is 12.1 Å². The van der Waals surface area contributed by atoms with Gasteiger partial charge in [0.25, 0.3) is 0 Å². The molecule has 0 saturated carbocycles. The van der Waals surface area contributed by atoms with Gasteiger partial charge in [-0.05, 0) is 24.5 Å². The summed E-state index contributed by atoms with van der Waals surface area (Å²) in [6.45, 7) is 2.01. The zero-order valence-electron chi connectivity index (χ0n) is 8.67. The van der Waals surface area contributed by atoms with Crippen molar-refractivity contribution in [3.63, 3.8) is 0 Å². The Hall–Kier alpha value is -1.64. The van der Waals surface area contributed by atoms with Crippen LogP contribution in [0.3, 0.4) is 0 Å². The number of hydrogen-bond donors (Lipinski definition) is 1. The maximum absolute atomic E-state index is 11.3. The van der Waals surface area contributed by atoms with Crippen LogP contribution in [0, 0.1) is 6.92 Å². The standard InChI is InChI=1S/C12H13NO2/c1-8-5-9(3-2-4-14)12-10(6-8)7-11(15)13-12/h4-6H,2-3,7H2,1H3,(H,13,15). The molecule has 0 radical (unpaired) electrons. The van der Waals surface area contributed by atoms with Crippen molar-refractivity contribution < 1.29 is 9.59 Å². The van der Waals surface area contributed by atoms with Crippen molar-refractivity contribution in [2.75, 3.05) is 5.32 Å². The van der Waals surface area contributed by atoms with Crippen LogP contribution < -0.4 is 5.32 Å². The third-order valence-electron chi connectivity index (χ3n) is 2.59. The second-order valence-corrected chi connectivity index (χ2v) is 3.89. The van der Waals surface area contributed by atoms with Gasteiger partial charge in [-0.25, -0.2) is 0 Å². The Labute approximate surface area is 88.5 Å². The largest absolute Gasteiger partial charge is 0.325 e. The number of fused-ring (bicyclic) bond motifs is 1. The SMILES string of the molecule is Cc1cc(CCC=O)c2c(c1)CC(=O)N2. The summed E-state index contributed by atoms with van der Waals surface area (Å²) in [5, 5.41) is 2.85. The van der Waals surface area contributed by atoms with Crippen molar-refractivity contribution in [3.05, 3.63) is 28.8 Å². The summed E-state index contributed by atoms with van der Waals surface area (Å²) >= 11 is 0. The number of hydrogen-bond acceptors (Lipinski definition) is 2. The third-order valence-corrected chi connectivity index (χ3v) is 2.59. The summed E-state index contributed by atoms with van der Waals surface area (Å²) in [4.78, 5) is 21.6. The van der Waals surface area contributed by atoms with Crippen molar-refractivity contribution in [1.82, 2.24) is 0 Å². The van der Waals surface area contributed by atoms with Crippen LogP contribution in [0.1, 0.15) is 23.1 Å². The lowest BCUT2D eigenvalue weighted by Crippen LogP contribution is -2.05. The minimum absolute atomic E-state index is 0.0444. The maximum atomic E-state index is 11.3. The Morgan fingerprint density at radius 2 is 2.27 bits per heavy atom. The van der Waals surface area contributed by atoms with Crippen LogP contribution in [0.4, 0.5) is 5.69 Å². The molecular weight excluding hydrogens is 190 g/mol. The predicted molar refractivity (Wildman–Crippen MR) is 57.9 cm³/mol. The molecule has 1 amide bonds. The number of carbonyl (C=O) groups excluding carboxylic acids is 2. The van der Waals surface area contributed by atoms with Gasteiger partial charge in [0.05, 0.1) is 6.42 Å². The first-order valence-electron chi connectivity index (χ1n) is 5.06. The minimum Gasteiger partial charge on any atom is -0.325 e. The van der Waals surface area contributed by atoms with Gasteiger partial charge < -0.3 is 10.1 Å². The minimum atomic E-state index is 0.0444. The molecule has 1 aromatic rings. The fourth-order valence-electron chi connectivity index (χ4n) is 2.01. The number of rotatable bonds is 3. The van der Waals surface area contributed by atoms with E-state index in [4.69, 9.17) is 0 Å². The van der Waals surface area contributed by atoms with Crippen molar-refractivity contribution in [1.29, 1.82) is 0 Å². The van der Waals surface area contributed by atoms with E-state index in [-0.39, 0.29) is 5.91 Å². The summed E-state index contributed by atoms with van der Waals surface area (Å²) < 4.78 is 0. The second kappa shape index (κ2) is 3.85. The van der Waals surface area contributed by atoms with E-state index >= 15 is 0 Å². The van der Waals surface area contributed by atoms with Gasteiger partial charge in [-0.15, -0.1) is 0 Å². The summed E-state index contributed by atoms with van der Waals surface area (Å²) in [5.41, 5.74) is 4.20. The molecule has 3 nitrogen and oxygen atoms in total. The highest BCUT2D eigenvalue weighted by Gasteiger charge is 2.20. The van der Waals surface area contributed by atoms with Crippen LogP contribution in [-0.4, -0.2) is 12.2 Å². The zero-order valence-corrected chi connectivity index (χ0v) is 8.67. The molecule has 0 aromatic heterocycles. The van der Waals surface area contributed by atoms with E-state index in [2.05, 4.69) is 5.32 Å². The lowest BCUT2D eigenvalue weighted by molar-refractivity contribution is -0.115. The number of carbonyl (C=O) groups is 2. The highest BCUT2D eigenvalue weighted by Crippen LogP contribution is 2.29. The molecule has 1 N–H and O–H groups in total. The molecule has 0 aliphatic carbocycles. The lowest BCUT2D eigenvalue weighted by Gasteiger charge is -2.08. The number of amides is 1. The van der Waals surface area contributed by atoms with E-state index in [1.54, 1.807) is 0 Å². The van der Waals surface area contributed by atoms with Crippen LogP contribution >= 0.6 is 0 Å². The number of benzene rings is 1. The molecule has 3 heteroatoms. The average Bonchev–Trinajstić information content (AvgIpc) is 2.54. The summed E-state index contributed by atoms with van der Waals surface area (Å²) in [6.07, 6.45) is 2.58. The topological polar surface area (TPSA) is 46.2 Å². The van der Waals surface area contributed by atoms with Crippen molar-refractivity contribution in [2.24, 2.45) is 0 Å². The number of aldehydes is 1. The smallest absolute Gasteiger partial charge is 0.228 e. The normalized spacial score (nSPS) is 13.5. The molecule has 78 valence electrons. The summed E-state index contributed by atoms with van der Waals surface area (Å²) in [6, 6.07) is 4.06. The Morgan fingerprint density at radius 3 is 3.00 bits per heavy atom. The van der Waals surface area contributed by atoms with E-state index in [1.165, 1.54) is 0 Å². The molecule has 0 saturated heterocycles. The molecule has 0 spiro atoms. The van der Waals surface area contributed by atoms with Gasteiger partial charge in [0, 0.05) is 12.1 Å². The average molecular weight is 203 g/mol. The first-order chi connectivity index (χ1) is 7.20. The van der Waals surface area contributed by atoms with Crippen molar-refractivity contribution >= 4 is 17.9 Å². The molecule has 1 heterocycles. The van der Waals surface area contributed by atoms with Crippen LogP contribution in [0.2, 0.25) is 0 Å². The maximum Gasteiger partial charge on any atom is 0.228 e. The van der Waals surface area contributed by atoms with E-state index in [0.29, 0.717) is 19.3 Å². The number of aryl methyl sites for hydroxylation is 2. The van der Waals surface area contributed by atoms with Gasteiger partial charge >= 0.3 is 0 Å².